The molecule has 0 saturated carbocycles. The van der Waals surface area contributed by atoms with Crippen LogP contribution in [0.4, 0.5) is 11.4 Å². The van der Waals surface area contributed by atoms with E-state index in [9.17, 15) is 4.79 Å². The molecule has 1 aliphatic heterocycles. The van der Waals surface area contributed by atoms with E-state index in [0.29, 0.717) is 16.1 Å². The Labute approximate surface area is 170 Å². The van der Waals surface area contributed by atoms with Crippen molar-refractivity contribution < 1.29 is 4.79 Å². The number of halogens is 1. The van der Waals surface area contributed by atoms with Crippen LogP contribution in [0.3, 0.4) is 0 Å². The molecule has 1 fully saturated rings. The minimum atomic E-state index is -0.304. The summed E-state index contributed by atoms with van der Waals surface area (Å²) in [6.07, 6.45) is 2.38. The third-order valence-electron chi connectivity index (χ3n) is 4.40. The SMILES string of the molecule is O=C(NC(=S)Nc1ccc(N2CCCC2)c(Cl)c1)c1ccc2nsnc2c1. The van der Waals surface area contributed by atoms with Crippen LogP contribution in [0.15, 0.2) is 36.4 Å². The van der Waals surface area contributed by atoms with Crippen LogP contribution >= 0.6 is 35.5 Å². The van der Waals surface area contributed by atoms with E-state index in [1.165, 1.54) is 12.8 Å². The second-order valence-corrected chi connectivity index (χ2v) is 7.58. The molecular formula is C18H16ClN5OS2. The van der Waals surface area contributed by atoms with Gasteiger partial charge in [-0.15, -0.1) is 0 Å². The predicted molar refractivity (Wildman–Crippen MR) is 114 cm³/mol. The van der Waals surface area contributed by atoms with Crippen molar-refractivity contribution in [3.8, 4) is 0 Å². The van der Waals surface area contributed by atoms with Crippen LogP contribution in [0.5, 0.6) is 0 Å². The van der Waals surface area contributed by atoms with Crippen molar-refractivity contribution in [1.29, 1.82) is 0 Å². The van der Waals surface area contributed by atoms with E-state index in [4.69, 9.17) is 23.8 Å². The largest absolute Gasteiger partial charge is 0.370 e. The molecule has 0 aliphatic carbocycles. The lowest BCUT2D eigenvalue weighted by Crippen LogP contribution is -2.34. The summed E-state index contributed by atoms with van der Waals surface area (Å²) in [6, 6.07) is 10.9. The van der Waals surface area contributed by atoms with E-state index in [2.05, 4.69) is 24.3 Å². The first kappa shape index (κ1) is 18.1. The van der Waals surface area contributed by atoms with Crippen LogP contribution in [0, 0.1) is 0 Å². The summed E-state index contributed by atoms with van der Waals surface area (Å²) < 4.78 is 8.27. The smallest absolute Gasteiger partial charge is 0.257 e. The van der Waals surface area contributed by atoms with Gasteiger partial charge in [-0.3, -0.25) is 10.1 Å². The van der Waals surface area contributed by atoms with E-state index in [1.54, 1.807) is 18.2 Å². The van der Waals surface area contributed by atoms with Crippen LogP contribution in [0.1, 0.15) is 23.2 Å². The van der Waals surface area contributed by atoms with E-state index >= 15 is 0 Å². The summed E-state index contributed by atoms with van der Waals surface area (Å²) in [4.78, 5) is 14.7. The molecule has 1 aromatic heterocycles. The van der Waals surface area contributed by atoms with Gasteiger partial charge in [0.05, 0.1) is 22.4 Å². The number of rotatable bonds is 3. The fraction of sp³-hybridized carbons (Fsp3) is 0.222. The highest BCUT2D eigenvalue weighted by Crippen LogP contribution is 2.31. The number of aromatic nitrogens is 2. The first-order valence-corrected chi connectivity index (χ1v) is 10.0. The molecular weight excluding hydrogens is 402 g/mol. The molecule has 1 amide bonds. The van der Waals surface area contributed by atoms with Crippen molar-refractivity contribution in [2.24, 2.45) is 0 Å². The zero-order valence-electron chi connectivity index (χ0n) is 14.2. The summed E-state index contributed by atoms with van der Waals surface area (Å²) in [5.41, 5.74) is 3.69. The van der Waals surface area contributed by atoms with Gasteiger partial charge in [0.15, 0.2) is 5.11 Å². The molecule has 0 radical (unpaired) electrons. The number of hydrogen-bond acceptors (Lipinski definition) is 6. The van der Waals surface area contributed by atoms with Gasteiger partial charge < -0.3 is 10.2 Å². The van der Waals surface area contributed by atoms with Crippen LogP contribution in [0.2, 0.25) is 5.02 Å². The van der Waals surface area contributed by atoms with Gasteiger partial charge in [-0.25, -0.2) is 0 Å². The van der Waals surface area contributed by atoms with Gasteiger partial charge in [-0.2, -0.15) is 8.75 Å². The first-order valence-electron chi connectivity index (χ1n) is 8.49. The number of amides is 1. The van der Waals surface area contributed by atoms with Gasteiger partial charge >= 0.3 is 0 Å². The van der Waals surface area contributed by atoms with Crippen LogP contribution < -0.4 is 15.5 Å². The minimum Gasteiger partial charge on any atom is -0.370 e. The average molecular weight is 418 g/mol. The third-order valence-corrected chi connectivity index (χ3v) is 5.46. The van der Waals surface area contributed by atoms with Gasteiger partial charge in [-0.1, -0.05) is 11.6 Å². The highest BCUT2D eigenvalue weighted by Gasteiger charge is 2.16. The number of nitrogens with one attached hydrogen (secondary N) is 2. The number of carbonyl (C=O) groups excluding carboxylic acids is 1. The monoisotopic (exact) mass is 417 g/mol. The van der Waals surface area contributed by atoms with Crippen LogP contribution in [0.25, 0.3) is 11.0 Å². The molecule has 2 N–H and O–H groups in total. The molecule has 1 aliphatic rings. The summed E-state index contributed by atoms with van der Waals surface area (Å²) in [5.74, 6) is -0.304. The van der Waals surface area contributed by atoms with E-state index in [-0.39, 0.29) is 11.0 Å². The number of carbonyl (C=O) groups is 1. The molecule has 27 heavy (non-hydrogen) atoms. The van der Waals surface area contributed by atoms with Crippen LogP contribution in [-0.2, 0) is 0 Å². The number of fused-ring (bicyclic) bond motifs is 1. The number of benzene rings is 2. The van der Waals surface area contributed by atoms with Crippen molar-refractivity contribution in [3.63, 3.8) is 0 Å². The molecule has 6 nitrogen and oxygen atoms in total. The zero-order valence-corrected chi connectivity index (χ0v) is 16.6. The summed E-state index contributed by atoms with van der Waals surface area (Å²) in [6.45, 7) is 2.06. The summed E-state index contributed by atoms with van der Waals surface area (Å²) >= 11 is 12.8. The molecule has 1 saturated heterocycles. The molecule has 138 valence electrons. The molecule has 4 rings (SSSR count). The normalized spacial score (nSPS) is 13.7. The maximum atomic E-state index is 12.4. The van der Waals surface area contributed by atoms with Crippen LogP contribution in [-0.4, -0.2) is 32.9 Å². The highest BCUT2D eigenvalue weighted by atomic mass is 35.5. The topological polar surface area (TPSA) is 70.2 Å². The van der Waals surface area contributed by atoms with Crippen molar-refractivity contribution in [1.82, 2.24) is 14.1 Å². The Morgan fingerprint density at radius 1 is 1.11 bits per heavy atom. The zero-order chi connectivity index (χ0) is 18.8. The molecule has 2 aromatic carbocycles. The van der Waals surface area contributed by atoms with Crippen molar-refractivity contribution in [2.75, 3.05) is 23.3 Å². The summed E-state index contributed by atoms with van der Waals surface area (Å²) in [5, 5.41) is 6.55. The number of nitrogens with zero attached hydrogens (tertiary/aromatic N) is 3. The van der Waals surface area contributed by atoms with E-state index < -0.39 is 0 Å². The van der Waals surface area contributed by atoms with Gasteiger partial charge in [0.25, 0.3) is 5.91 Å². The molecule has 9 heteroatoms. The van der Waals surface area contributed by atoms with Crippen molar-refractivity contribution in [2.45, 2.75) is 12.8 Å². The molecule has 0 atom stereocenters. The average Bonchev–Trinajstić information content (AvgIpc) is 3.32. The van der Waals surface area contributed by atoms with E-state index in [1.807, 2.05) is 18.2 Å². The lowest BCUT2D eigenvalue weighted by atomic mass is 10.2. The Kier molecular flexibility index (Phi) is 5.20. The molecule has 0 unspecified atom stereocenters. The van der Waals surface area contributed by atoms with Gasteiger partial charge in [0.1, 0.15) is 11.0 Å². The van der Waals surface area contributed by atoms with Gasteiger partial charge in [-0.05, 0) is 61.5 Å². The fourth-order valence-corrected chi connectivity index (χ4v) is 4.09. The van der Waals surface area contributed by atoms with Gasteiger partial charge in [0.2, 0.25) is 0 Å². The Morgan fingerprint density at radius 2 is 1.89 bits per heavy atom. The third kappa shape index (κ3) is 4.02. The van der Waals surface area contributed by atoms with Crippen molar-refractivity contribution >= 4 is 69.0 Å². The Hall–Kier alpha value is -2.29. The molecule has 2 heterocycles. The van der Waals surface area contributed by atoms with Crippen molar-refractivity contribution in [3.05, 3.63) is 47.0 Å². The first-order chi connectivity index (χ1) is 13.1. The molecule has 0 bridgehead atoms. The van der Waals surface area contributed by atoms with E-state index in [0.717, 1.165) is 41.7 Å². The fourth-order valence-electron chi connectivity index (χ4n) is 3.06. The predicted octanol–water partition coefficient (Wildman–Crippen LogP) is 4.07. The van der Waals surface area contributed by atoms with Gasteiger partial charge in [0, 0.05) is 24.3 Å². The molecule has 3 aromatic rings. The maximum absolute atomic E-state index is 12.4. The lowest BCUT2D eigenvalue weighted by molar-refractivity contribution is 0.0978. The second kappa shape index (κ2) is 7.75. The Balaban J connectivity index is 1.41. The maximum Gasteiger partial charge on any atom is 0.257 e. The highest BCUT2D eigenvalue weighted by molar-refractivity contribution is 7.80. The molecule has 0 spiro atoms. The standard InChI is InChI=1S/C18H16ClN5OS2/c19-13-10-12(4-6-16(13)24-7-1-2-8-24)20-18(26)21-17(25)11-3-5-14-15(9-11)23-27-22-14/h3-6,9-10H,1-2,7-8H2,(H2,20,21,25,26). The number of anilines is 2. The second-order valence-electron chi connectivity index (χ2n) is 6.24. The Morgan fingerprint density at radius 3 is 2.67 bits per heavy atom. The lowest BCUT2D eigenvalue weighted by Gasteiger charge is -2.20. The summed E-state index contributed by atoms with van der Waals surface area (Å²) in [7, 11) is 0. The number of hydrogen-bond donors (Lipinski definition) is 2. The Bertz CT molecular complexity index is 1020. The number of thiocarbonyl (C=S) groups is 1. The quantitative estimate of drug-likeness (QED) is 0.626. The minimum absolute atomic E-state index is 0.210.